The first-order valence-corrected chi connectivity index (χ1v) is 11.5. The molecule has 1 unspecified atom stereocenters. The molecule has 6 heteroatoms. The molecule has 2 aliphatic heterocycles. The number of aromatic nitrogens is 2. The molecule has 3 heterocycles. The summed E-state index contributed by atoms with van der Waals surface area (Å²) in [6, 6.07) is 10.3. The Labute approximate surface area is 178 Å². The van der Waals surface area contributed by atoms with E-state index < -0.39 is 0 Å². The van der Waals surface area contributed by atoms with Crippen molar-refractivity contribution in [1.82, 2.24) is 20.6 Å². The van der Waals surface area contributed by atoms with Crippen LogP contribution in [-0.2, 0) is 17.6 Å². The van der Waals surface area contributed by atoms with E-state index in [1.165, 1.54) is 17.7 Å². The van der Waals surface area contributed by atoms with E-state index in [1.807, 2.05) is 18.2 Å². The Morgan fingerprint density at radius 2 is 1.93 bits per heavy atom. The van der Waals surface area contributed by atoms with Gasteiger partial charge in [0.2, 0.25) is 5.91 Å². The molecule has 30 heavy (non-hydrogen) atoms. The minimum atomic E-state index is 0.124. The molecule has 3 aliphatic rings. The molecular formula is C24H31N5O. The first-order chi connectivity index (χ1) is 14.8. The van der Waals surface area contributed by atoms with Crippen LogP contribution in [0.5, 0.6) is 0 Å². The van der Waals surface area contributed by atoms with Crippen LogP contribution in [0.25, 0.3) is 11.4 Å². The van der Waals surface area contributed by atoms with Crippen molar-refractivity contribution in [3.63, 3.8) is 0 Å². The summed E-state index contributed by atoms with van der Waals surface area (Å²) in [5.74, 6) is 2.89. The largest absolute Gasteiger partial charge is 0.356 e. The van der Waals surface area contributed by atoms with Crippen LogP contribution in [0, 0.1) is 11.8 Å². The van der Waals surface area contributed by atoms with Crippen LogP contribution in [0.3, 0.4) is 0 Å². The van der Waals surface area contributed by atoms with Gasteiger partial charge >= 0.3 is 0 Å². The average molecular weight is 406 g/mol. The molecule has 2 saturated heterocycles. The highest BCUT2D eigenvalue weighted by molar-refractivity contribution is 5.79. The molecule has 1 atom stereocenters. The van der Waals surface area contributed by atoms with E-state index >= 15 is 0 Å². The predicted molar refractivity (Wildman–Crippen MR) is 118 cm³/mol. The molecule has 0 spiro atoms. The molecule has 0 radical (unpaired) electrons. The maximum Gasteiger partial charge on any atom is 0.223 e. The quantitative estimate of drug-likeness (QED) is 0.800. The Balaban J connectivity index is 1.26. The summed E-state index contributed by atoms with van der Waals surface area (Å²) in [7, 11) is 0. The Morgan fingerprint density at radius 1 is 1.10 bits per heavy atom. The highest BCUT2D eigenvalue weighted by Gasteiger charge is 2.29. The van der Waals surface area contributed by atoms with Gasteiger partial charge in [0.15, 0.2) is 5.82 Å². The predicted octanol–water partition coefficient (Wildman–Crippen LogP) is 2.57. The molecule has 5 rings (SSSR count). The van der Waals surface area contributed by atoms with E-state index in [1.54, 1.807) is 0 Å². The van der Waals surface area contributed by atoms with Gasteiger partial charge in [-0.2, -0.15) is 0 Å². The maximum absolute atomic E-state index is 12.6. The number of rotatable bonds is 5. The number of hydrogen-bond donors (Lipinski definition) is 2. The van der Waals surface area contributed by atoms with Crippen molar-refractivity contribution in [2.45, 2.75) is 38.5 Å². The van der Waals surface area contributed by atoms with Crippen molar-refractivity contribution in [3.05, 3.63) is 41.6 Å². The fraction of sp³-hybridized carbons (Fsp3) is 0.542. The summed E-state index contributed by atoms with van der Waals surface area (Å²) in [6.07, 6.45) is 6.23. The van der Waals surface area contributed by atoms with E-state index in [0.29, 0.717) is 5.92 Å². The van der Waals surface area contributed by atoms with Crippen LogP contribution >= 0.6 is 0 Å². The van der Waals surface area contributed by atoms with E-state index in [-0.39, 0.29) is 11.8 Å². The number of anilines is 1. The summed E-state index contributed by atoms with van der Waals surface area (Å²) >= 11 is 0. The number of nitrogens with zero attached hydrogens (tertiary/aromatic N) is 3. The number of hydrogen-bond acceptors (Lipinski definition) is 5. The molecule has 2 N–H and O–H groups in total. The maximum atomic E-state index is 12.6. The minimum Gasteiger partial charge on any atom is -0.356 e. The van der Waals surface area contributed by atoms with Crippen molar-refractivity contribution in [2.75, 3.05) is 37.6 Å². The van der Waals surface area contributed by atoms with Crippen LogP contribution in [0.15, 0.2) is 30.3 Å². The highest BCUT2D eigenvalue weighted by atomic mass is 16.1. The number of aryl methyl sites for hydroxylation is 1. The molecule has 6 nitrogen and oxygen atoms in total. The van der Waals surface area contributed by atoms with Crippen molar-refractivity contribution in [3.8, 4) is 11.4 Å². The number of amides is 1. The number of nitrogens with one attached hydrogen (secondary N) is 2. The van der Waals surface area contributed by atoms with E-state index in [2.05, 4.69) is 27.7 Å². The zero-order valence-corrected chi connectivity index (χ0v) is 17.6. The molecule has 2 fully saturated rings. The van der Waals surface area contributed by atoms with Crippen LogP contribution in [0.1, 0.15) is 36.9 Å². The van der Waals surface area contributed by atoms with Gasteiger partial charge in [0.1, 0.15) is 5.82 Å². The van der Waals surface area contributed by atoms with E-state index in [0.717, 1.165) is 82.0 Å². The minimum absolute atomic E-state index is 0.124. The van der Waals surface area contributed by atoms with Gasteiger partial charge in [-0.1, -0.05) is 30.3 Å². The highest BCUT2D eigenvalue weighted by Crippen LogP contribution is 2.33. The van der Waals surface area contributed by atoms with E-state index in [4.69, 9.17) is 9.97 Å². The number of fused-ring (bicyclic) bond motifs is 1. The van der Waals surface area contributed by atoms with E-state index in [9.17, 15) is 4.79 Å². The fourth-order valence-corrected chi connectivity index (χ4v) is 5.02. The lowest BCUT2D eigenvalue weighted by molar-refractivity contribution is -0.125. The summed E-state index contributed by atoms with van der Waals surface area (Å²) < 4.78 is 0. The lowest BCUT2D eigenvalue weighted by Crippen LogP contribution is -2.42. The Kier molecular flexibility index (Phi) is 5.67. The first kappa shape index (κ1) is 19.5. The van der Waals surface area contributed by atoms with Crippen LogP contribution in [0.2, 0.25) is 0 Å². The Hall–Kier alpha value is -2.47. The third-order valence-corrected chi connectivity index (χ3v) is 6.84. The molecule has 0 saturated carbocycles. The van der Waals surface area contributed by atoms with Gasteiger partial charge in [-0.15, -0.1) is 0 Å². The van der Waals surface area contributed by atoms with Gasteiger partial charge in [0, 0.05) is 42.4 Å². The Morgan fingerprint density at radius 3 is 2.70 bits per heavy atom. The zero-order valence-electron chi connectivity index (χ0n) is 17.6. The lowest BCUT2D eigenvalue weighted by atomic mass is 9.95. The van der Waals surface area contributed by atoms with Gasteiger partial charge in [0.25, 0.3) is 0 Å². The Bertz CT molecular complexity index is 886. The van der Waals surface area contributed by atoms with Crippen molar-refractivity contribution >= 4 is 11.7 Å². The van der Waals surface area contributed by atoms with Gasteiger partial charge in [-0.25, -0.2) is 9.97 Å². The number of piperidine rings is 1. The molecule has 1 aromatic carbocycles. The van der Waals surface area contributed by atoms with Crippen molar-refractivity contribution in [2.24, 2.45) is 11.8 Å². The average Bonchev–Trinajstić information content (AvgIpc) is 3.49. The fourth-order valence-electron chi connectivity index (χ4n) is 5.02. The van der Waals surface area contributed by atoms with Gasteiger partial charge in [0.05, 0.1) is 0 Å². The summed E-state index contributed by atoms with van der Waals surface area (Å²) in [5, 5.41) is 6.56. The van der Waals surface area contributed by atoms with Crippen molar-refractivity contribution < 1.29 is 4.79 Å². The smallest absolute Gasteiger partial charge is 0.223 e. The number of carbonyl (C=O) groups is 1. The molecule has 1 aliphatic carbocycles. The topological polar surface area (TPSA) is 70.2 Å². The van der Waals surface area contributed by atoms with Crippen LogP contribution < -0.4 is 15.5 Å². The first-order valence-electron chi connectivity index (χ1n) is 11.5. The van der Waals surface area contributed by atoms with Crippen molar-refractivity contribution in [1.29, 1.82) is 0 Å². The summed E-state index contributed by atoms with van der Waals surface area (Å²) in [5.41, 5.74) is 3.61. The molecular weight excluding hydrogens is 374 g/mol. The molecule has 158 valence electrons. The van der Waals surface area contributed by atoms with Gasteiger partial charge < -0.3 is 15.5 Å². The number of benzene rings is 1. The monoisotopic (exact) mass is 405 g/mol. The second-order valence-electron chi connectivity index (χ2n) is 8.88. The van der Waals surface area contributed by atoms with Crippen LogP contribution in [-0.4, -0.2) is 48.6 Å². The second kappa shape index (κ2) is 8.72. The van der Waals surface area contributed by atoms with Crippen LogP contribution in [0.4, 0.5) is 5.82 Å². The SMILES string of the molecule is O=C(NCC1CCNC1)C1CCN(c2nc(-c3ccccc3)nc3c2CCC3)CC1. The normalized spacial score (nSPS) is 21.6. The lowest BCUT2D eigenvalue weighted by Gasteiger charge is -2.33. The molecule has 0 bridgehead atoms. The molecule has 2 aromatic rings. The third kappa shape index (κ3) is 4.06. The summed E-state index contributed by atoms with van der Waals surface area (Å²) in [4.78, 5) is 24.9. The van der Waals surface area contributed by atoms with Gasteiger partial charge in [-0.3, -0.25) is 4.79 Å². The second-order valence-corrected chi connectivity index (χ2v) is 8.88. The number of carbonyl (C=O) groups excluding carboxylic acids is 1. The molecule has 1 amide bonds. The zero-order chi connectivity index (χ0) is 20.3. The van der Waals surface area contributed by atoms with Gasteiger partial charge in [-0.05, 0) is 57.5 Å². The summed E-state index contributed by atoms with van der Waals surface area (Å²) in [6.45, 7) is 4.70. The third-order valence-electron chi connectivity index (χ3n) is 6.84. The standard InChI is InChI=1S/C24H31N5O/c30-24(26-16-17-9-12-25-15-17)19-10-13-29(14-11-19)23-20-7-4-8-21(20)27-22(28-23)18-5-2-1-3-6-18/h1-3,5-6,17,19,25H,4,7-16H2,(H,26,30). The molecule has 1 aromatic heterocycles.